The number of carbonyl (C=O) groups excluding carboxylic acids is 1. The van der Waals surface area contributed by atoms with Crippen molar-refractivity contribution in [2.24, 2.45) is 7.05 Å². The van der Waals surface area contributed by atoms with Gasteiger partial charge in [0.2, 0.25) is 0 Å². The molecule has 1 N–H and O–H groups in total. The number of carbonyl (C=O) groups is 1. The summed E-state index contributed by atoms with van der Waals surface area (Å²) in [5.74, 6) is 1.36. The van der Waals surface area contributed by atoms with E-state index in [2.05, 4.69) is 16.5 Å². The SMILES string of the molecule is COc1ccc(C(=O)NCc2ccnn2C)cc1COc1cc(C)ccc1C. The van der Waals surface area contributed by atoms with E-state index in [1.165, 1.54) is 0 Å². The first kappa shape index (κ1) is 19.5. The summed E-state index contributed by atoms with van der Waals surface area (Å²) >= 11 is 0. The quantitative estimate of drug-likeness (QED) is 0.682. The van der Waals surface area contributed by atoms with Gasteiger partial charge in [-0.25, -0.2) is 0 Å². The molecule has 1 amide bonds. The smallest absolute Gasteiger partial charge is 0.251 e. The van der Waals surface area contributed by atoms with E-state index in [9.17, 15) is 4.79 Å². The molecule has 3 rings (SSSR count). The van der Waals surface area contributed by atoms with Crippen molar-refractivity contribution in [1.82, 2.24) is 15.1 Å². The molecular weight excluding hydrogens is 354 g/mol. The van der Waals surface area contributed by atoms with Crippen molar-refractivity contribution in [2.75, 3.05) is 7.11 Å². The number of methoxy groups -OCH3 is 1. The number of ether oxygens (including phenoxy) is 2. The van der Waals surface area contributed by atoms with Crippen LogP contribution in [-0.4, -0.2) is 22.8 Å². The fourth-order valence-electron chi connectivity index (χ4n) is 2.90. The van der Waals surface area contributed by atoms with Crippen LogP contribution in [0.2, 0.25) is 0 Å². The molecule has 6 nitrogen and oxygen atoms in total. The fraction of sp³-hybridized carbons (Fsp3) is 0.273. The van der Waals surface area contributed by atoms with Crippen LogP contribution in [0.25, 0.3) is 0 Å². The minimum atomic E-state index is -0.156. The highest BCUT2D eigenvalue weighted by Crippen LogP contribution is 2.25. The Morgan fingerprint density at radius 2 is 1.93 bits per heavy atom. The number of aryl methyl sites for hydroxylation is 3. The molecule has 2 aromatic carbocycles. The number of benzene rings is 2. The summed E-state index contributed by atoms with van der Waals surface area (Å²) in [6, 6.07) is 13.3. The van der Waals surface area contributed by atoms with Crippen LogP contribution in [0.4, 0.5) is 0 Å². The van der Waals surface area contributed by atoms with Gasteiger partial charge < -0.3 is 14.8 Å². The molecule has 1 aromatic heterocycles. The van der Waals surface area contributed by atoms with Crippen LogP contribution >= 0.6 is 0 Å². The van der Waals surface area contributed by atoms with E-state index in [4.69, 9.17) is 9.47 Å². The van der Waals surface area contributed by atoms with Gasteiger partial charge in [0.15, 0.2) is 0 Å². The van der Waals surface area contributed by atoms with E-state index in [0.717, 1.165) is 28.1 Å². The minimum Gasteiger partial charge on any atom is -0.496 e. The lowest BCUT2D eigenvalue weighted by Crippen LogP contribution is -2.24. The van der Waals surface area contributed by atoms with Gasteiger partial charge in [0.1, 0.15) is 18.1 Å². The number of nitrogens with zero attached hydrogens (tertiary/aromatic N) is 2. The predicted octanol–water partition coefficient (Wildman–Crippen LogP) is 3.55. The van der Waals surface area contributed by atoms with Crippen molar-refractivity contribution >= 4 is 5.91 Å². The van der Waals surface area contributed by atoms with Gasteiger partial charge in [-0.3, -0.25) is 9.48 Å². The van der Waals surface area contributed by atoms with Crippen LogP contribution in [0, 0.1) is 13.8 Å². The van der Waals surface area contributed by atoms with E-state index in [1.807, 2.05) is 45.2 Å². The topological polar surface area (TPSA) is 65.4 Å². The normalized spacial score (nSPS) is 10.6. The Kier molecular flexibility index (Phi) is 5.99. The molecule has 146 valence electrons. The Balaban J connectivity index is 1.73. The van der Waals surface area contributed by atoms with Gasteiger partial charge in [-0.05, 0) is 55.3 Å². The highest BCUT2D eigenvalue weighted by molar-refractivity contribution is 5.94. The maximum absolute atomic E-state index is 12.6. The zero-order chi connectivity index (χ0) is 20.1. The standard InChI is InChI=1S/C22H25N3O3/c1-15-5-6-16(2)21(11-15)28-14-18-12-17(7-8-20(18)27-4)22(26)23-13-19-9-10-24-25(19)3/h5-12H,13-14H2,1-4H3,(H,23,26). The van der Waals surface area contributed by atoms with E-state index in [-0.39, 0.29) is 5.91 Å². The Bertz CT molecular complexity index is 979. The van der Waals surface area contributed by atoms with Gasteiger partial charge >= 0.3 is 0 Å². The van der Waals surface area contributed by atoms with Gasteiger partial charge in [-0.15, -0.1) is 0 Å². The molecule has 0 unspecified atom stereocenters. The first-order valence-electron chi connectivity index (χ1n) is 9.10. The molecular formula is C22H25N3O3. The third-order valence-electron chi connectivity index (χ3n) is 4.62. The largest absolute Gasteiger partial charge is 0.496 e. The second kappa shape index (κ2) is 8.61. The number of amides is 1. The number of hydrogen-bond donors (Lipinski definition) is 1. The van der Waals surface area contributed by atoms with Crippen molar-refractivity contribution < 1.29 is 14.3 Å². The van der Waals surface area contributed by atoms with Crippen molar-refractivity contribution in [1.29, 1.82) is 0 Å². The Labute approximate surface area is 165 Å². The van der Waals surface area contributed by atoms with Gasteiger partial charge in [-0.2, -0.15) is 5.10 Å². The molecule has 0 aliphatic carbocycles. The molecule has 28 heavy (non-hydrogen) atoms. The van der Waals surface area contributed by atoms with Crippen LogP contribution in [0.3, 0.4) is 0 Å². The Hall–Kier alpha value is -3.28. The minimum absolute atomic E-state index is 0.156. The van der Waals surface area contributed by atoms with Gasteiger partial charge in [0.05, 0.1) is 19.3 Å². The highest BCUT2D eigenvalue weighted by Gasteiger charge is 2.12. The first-order valence-corrected chi connectivity index (χ1v) is 9.10. The maximum atomic E-state index is 12.6. The third kappa shape index (κ3) is 4.52. The molecule has 3 aromatic rings. The van der Waals surface area contributed by atoms with Crippen molar-refractivity contribution in [2.45, 2.75) is 27.0 Å². The Morgan fingerprint density at radius 1 is 1.11 bits per heavy atom. The summed E-state index contributed by atoms with van der Waals surface area (Å²) in [6.07, 6.45) is 1.71. The average molecular weight is 379 g/mol. The summed E-state index contributed by atoms with van der Waals surface area (Å²) in [7, 11) is 3.45. The number of rotatable bonds is 7. The lowest BCUT2D eigenvalue weighted by Gasteiger charge is -2.14. The maximum Gasteiger partial charge on any atom is 0.251 e. The molecule has 0 fully saturated rings. The van der Waals surface area contributed by atoms with E-state index in [1.54, 1.807) is 30.1 Å². The Morgan fingerprint density at radius 3 is 2.64 bits per heavy atom. The highest BCUT2D eigenvalue weighted by atomic mass is 16.5. The molecule has 1 heterocycles. The third-order valence-corrected chi connectivity index (χ3v) is 4.62. The zero-order valence-electron chi connectivity index (χ0n) is 16.7. The summed E-state index contributed by atoms with van der Waals surface area (Å²) in [5, 5.41) is 7.02. The number of hydrogen-bond acceptors (Lipinski definition) is 4. The lowest BCUT2D eigenvalue weighted by atomic mass is 10.1. The van der Waals surface area contributed by atoms with Gasteiger partial charge in [0.25, 0.3) is 5.91 Å². The summed E-state index contributed by atoms with van der Waals surface area (Å²) in [5.41, 5.74) is 4.50. The molecule has 0 atom stereocenters. The van der Waals surface area contributed by atoms with E-state index < -0.39 is 0 Å². The molecule has 0 radical (unpaired) electrons. The molecule has 0 aliphatic heterocycles. The predicted molar refractivity (Wildman–Crippen MR) is 108 cm³/mol. The van der Waals surface area contributed by atoms with Crippen LogP contribution in [-0.2, 0) is 20.2 Å². The van der Waals surface area contributed by atoms with E-state index in [0.29, 0.717) is 24.5 Å². The molecule has 0 spiro atoms. The second-order valence-electron chi connectivity index (χ2n) is 6.71. The van der Waals surface area contributed by atoms with Crippen LogP contribution < -0.4 is 14.8 Å². The summed E-state index contributed by atoms with van der Waals surface area (Å²) in [4.78, 5) is 12.6. The number of nitrogens with one attached hydrogen (secondary N) is 1. The number of aromatic nitrogens is 2. The molecule has 0 saturated heterocycles. The zero-order valence-corrected chi connectivity index (χ0v) is 16.7. The summed E-state index contributed by atoms with van der Waals surface area (Å²) in [6.45, 7) is 4.76. The van der Waals surface area contributed by atoms with E-state index >= 15 is 0 Å². The van der Waals surface area contributed by atoms with Crippen LogP contribution in [0.1, 0.15) is 32.7 Å². The fourth-order valence-corrected chi connectivity index (χ4v) is 2.90. The molecule has 0 aliphatic rings. The lowest BCUT2D eigenvalue weighted by molar-refractivity contribution is 0.0950. The van der Waals surface area contributed by atoms with Gasteiger partial charge in [0, 0.05) is 24.4 Å². The van der Waals surface area contributed by atoms with Crippen LogP contribution in [0.5, 0.6) is 11.5 Å². The van der Waals surface area contributed by atoms with Crippen LogP contribution in [0.15, 0.2) is 48.7 Å². The summed E-state index contributed by atoms with van der Waals surface area (Å²) < 4.78 is 13.2. The van der Waals surface area contributed by atoms with Gasteiger partial charge in [-0.1, -0.05) is 12.1 Å². The molecule has 6 heteroatoms. The first-order chi connectivity index (χ1) is 13.5. The monoisotopic (exact) mass is 379 g/mol. The second-order valence-corrected chi connectivity index (χ2v) is 6.71. The molecule has 0 bridgehead atoms. The van der Waals surface area contributed by atoms with Crippen molar-refractivity contribution in [3.63, 3.8) is 0 Å². The average Bonchev–Trinajstić information content (AvgIpc) is 3.11. The molecule has 0 saturated carbocycles. The van der Waals surface area contributed by atoms with Crippen molar-refractivity contribution in [3.8, 4) is 11.5 Å². The van der Waals surface area contributed by atoms with Crippen molar-refractivity contribution in [3.05, 3.63) is 76.6 Å².